The first-order valence-electron chi connectivity index (χ1n) is 5.86. The lowest BCUT2D eigenvalue weighted by Gasteiger charge is -2.35. The van der Waals surface area contributed by atoms with E-state index in [1.165, 1.54) is 5.69 Å². The topological polar surface area (TPSA) is 70.3 Å². The number of aromatic amines is 1. The first kappa shape index (κ1) is 14.0. The molecule has 1 aliphatic heterocycles. The predicted octanol–water partition coefficient (Wildman–Crippen LogP) is 1.63. The molecule has 1 unspecified atom stereocenters. The van der Waals surface area contributed by atoms with Gasteiger partial charge < -0.3 is 15.6 Å². The molecule has 17 heavy (non-hydrogen) atoms. The van der Waals surface area contributed by atoms with Crippen molar-refractivity contribution >= 4 is 22.9 Å². The summed E-state index contributed by atoms with van der Waals surface area (Å²) in [5, 5.41) is 0. The van der Waals surface area contributed by atoms with Gasteiger partial charge in [0.2, 0.25) is 0 Å². The van der Waals surface area contributed by atoms with Crippen molar-refractivity contribution in [1.82, 2.24) is 14.9 Å². The average molecular weight is 302 g/mol. The summed E-state index contributed by atoms with van der Waals surface area (Å²) in [7, 11) is 0. The molecule has 2 heterocycles. The van der Waals surface area contributed by atoms with Gasteiger partial charge in [0.25, 0.3) is 0 Å². The maximum atomic E-state index is 5.99. The quantitative estimate of drug-likeness (QED) is 0.644. The standard InChI is InChI=1S/C11H19N5.BrH/c1-3-9-10-8(14-7-15-10)5-6-16(9)11(12)13-4-2;/h7,9H,3-6H2,1-2H3,(H2,12,13)(H,14,15);1H. The molecule has 2 rings (SSSR count). The third kappa shape index (κ3) is 2.62. The van der Waals surface area contributed by atoms with E-state index in [4.69, 9.17) is 5.73 Å². The van der Waals surface area contributed by atoms with Crippen LogP contribution >= 0.6 is 17.0 Å². The Kier molecular flexibility index (Phi) is 4.99. The monoisotopic (exact) mass is 301 g/mol. The minimum absolute atomic E-state index is 0. The smallest absolute Gasteiger partial charge is 0.191 e. The molecule has 1 aromatic heterocycles. The molecule has 96 valence electrons. The van der Waals surface area contributed by atoms with Crippen LogP contribution < -0.4 is 5.73 Å². The highest BCUT2D eigenvalue weighted by Crippen LogP contribution is 2.29. The number of rotatable bonds is 2. The number of H-pyrrole nitrogens is 1. The maximum absolute atomic E-state index is 5.99. The fourth-order valence-electron chi connectivity index (χ4n) is 2.30. The van der Waals surface area contributed by atoms with Gasteiger partial charge >= 0.3 is 0 Å². The Hall–Kier alpha value is -1.04. The van der Waals surface area contributed by atoms with E-state index in [0.717, 1.165) is 31.6 Å². The van der Waals surface area contributed by atoms with Crippen LogP contribution in [0.1, 0.15) is 37.7 Å². The highest BCUT2D eigenvalue weighted by Gasteiger charge is 2.29. The molecule has 3 N–H and O–H groups in total. The third-order valence-electron chi connectivity index (χ3n) is 3.05. The van der Waals surface area contributed by atoms with Crippen molar-refractivity contribution in [2.75, 3.05) is 13.1 Å². The van der Waals surface area contributed by atoms with Crippen LogP contribution in [-0.4, -0.2) is 33.9 Å². The van der Waals surface area contributed by atoms with Crippen LogP contribution in [0.5, 0.6) is 0 Å². The van der Waals surface area contributed by atoms with Gasteiger partial charge in [-0.15, -0.1) is 17.0 Å². The summed E-state index contributed by atoms with van der Waals surface area (Å²) >= 11 is 0. The van der Waals surface area contributed by atoms with Gasteiger partial charge in [-0.1, -0.05) is 6.92 Å². The predicted molar refractivity (Wildman–Crippen MR) is 74.5 cm³/mol. The van der Waals surface area contributed by atoms with Crippen LogP contribution in [-0.2, 0) is 6.42 Å². The van der Waals surface area contributed by atoms with Crippen molar-refractivity contribution in [1.29, 1.82) is 0 Å². The van der Waals surface area contributed by atoms with E-state index in [9.17, 15) is 0 Å². The van der Waals surface area contributed by atoms with Gasteiger partial charge in [0.15, 0.2) is 5.96 Å². The zero-order valence-corrected chi connectivity index (χ0v) is 12.0. The minimum Gasteiger partial charge on any atom is -0.370 e. The SMILES string of the molecule is Br.CCN=C(N)N1CCc2[nH]cnc2C1CC. The lowest BCUT2D eigenvalue weighted by Crippen LogP contribution is -2.44. The molecule has 0 saturated heterocycles. The number of hydrogen-bond acceptors (Lipinski definition) is 2. The van der Waals surface area contributed by atoms with Crippen molar-refractivity contribution < 1.29 is 0 Å². The summed E-state index contributed by atoms with van der Waals surface area (Å²) in [4.78, 5) is 14.0. The summed E-state index contributed by atoms with van der Waals surface area (Å²) in [6.07, 6.45) is 3.73. The van der Waals surface area contributed by atoms with Crippen LogP contribution in [0.2, 0.25) is 0 Å². The van der Waals surface area contributed by atoms with E-state index in [1.54, 1.807) is 6.33 Å². The van der Waals surface area contributed by atoms with Crippen molar-refractivity contribution in [3.8, 4) is 0 Å². The number of nitrogens with one attached hydrogen (secondary N) is 1. The molecule has 0 aromatic carbocycles. The molecule has 0 aliphatic carbocycles. The lowest BCUT2D eigenvalue weighted by molar-refractivity contribution is 0.281. The van der Waals surface area contributed by atoms with Gasteiger partial charge in [-0.05, 0) is 13.3 Å². The number of halogens is 1. The number of guanidine groups is 1. The number of nitrogens with two attached hydrogens (primary N) is 1. The van der Waals surface area contributed by atoms with E-state index >= 15 is 0 Å². The van der Waals surface area contributed by atoms with Crippen molar-refractivity contribution in [3.05, 3.63) is 17.7 Å². The Morgan fingerprint density at radius 2 is 2.41 bits per heavy atom. The molecule has 1 aliphatic rings. The third-order valence-corrected chi connectivity index (χ3v) is 3.05. The zero-order chi connectivity index (χ0) is 11.5. The highest BCUT2D eigenvalue weighted by atomic mass is 79.9. The molecule has 6 heteroatoms. The Labute approximate surface area is 112 Å². The van der Waals surface area contributed by atoms with Crippen molar-refractivity contribution in [3.63, 3.8) is 0 Å². The van der Waals surface area contributed by atoms with E-state index in [0.29, 0.717) is 5.96 Å². The number of fused-ring (bicyclic) bond motifs is 1. The molecular weight excluding hydrogens is 282 g/mol. The molecule has 0 bridgehead atoms. The summed E-state index contributed by atoms with van der Waals surface area (Å²) in [5.74, 6) is 0.642. The molecular formula is C11H20BrN5. The van der Waals surface area contributed by atoms with E-state index in [-0.39, 0.29) is 23.0 Å². The molecule has 0 radical (unpaired) electrons. The Bertz CT molecular complexity index is 387. The molecule has 1 atom stereocenters. The van der Waals surface area contributed by atoms with Crippen LogP contribution in [0.15, 0.2) is 11.3 Å². The first-order chi connectivity index (χ1) is 7.77. The van der Waals surface area contributed by atoms with Gasteiger partial charge in [0, 0.05) is 25.2 Å². The van der Waals surface area contributed by atoms with E-state index in [1.807, 2.05) is 6.92 Å². The lowest BCUT2D eigenvalue weighted by atomic mass is 10.0. The van der Waals surface area contributed by atoms with Crippen LogP contribution in [0.25, 0.3) is 0 Å². The van der Waals surface area contributed by atoms with E-state index in [2.05, 4.69) is 26.8 Å². The van der Waals surface area contributed by atoms with Crippen LogP contribution in [0.3, 0.4) is 0 Å². The number of hydrogen-bond donors (Lipinski definition) is 2. The second-order valence-corrected chi connectivity index (χ2v) is 3.97. The summed E-state index contributed by atoms with van der Waals surface area (Å²) in [6, 6.07) is 0.269. The van der Waals surface area contributed by atoms with Crippen LogP contribution in [0, 0.1) is 0 Å². The number of aliphatic imine (C=N–C) groups is 1. The Balaban J connectivity index is 0.00000144. The maximum Gasteiger partial charge on any atom is 0.191 e. The van der Waals surface area contributed by atoms with Crippen molar-refractivity contribution in [2.45, 2.75) is 32.7 Å². The normalized spacial score (nSPS) is 19.8. The molecule has 1 aromatic rings. The second kappa shape index (κ2) is 6.05. The van der Waals surface area contributed by atoms with Crippen molar-refractivity contribution in [2.24, 2.45) is 10.7 Å². The fourth-order valence-corrected chi connectivity index (χ4v) is 2.30. The highest BCUT2D eigenvalue weighted by molar-refractivity contribution is 8.93. The minimum atomic E-state index is 0. The van der Waals surface area contributed by atoms with Gasteiger partial charge in [-0.25, -0.2) is 4.98 Å². The van der Waals surface area contributed by atoms with E-state index < -0.39 is 0 Å². The molecule has 0 spiro atoms. The zero-order valence-electron chi connectivity index (χ0n) is 10.3. The number of nitrogens with zero attached hydrogens (tertiary/aromatic N) is 3. The largest absolute Gasteiger partial charge is 0.370 e. The summed E-state index contributed by atoms with van der Waals surface area (Å²) in [6.45, 7) is 5.80. The van der Waals surface area contributed by atoms with Crippen LogP contribution in [0.4, 0.5) is 0 Å². The average Bonchev–Trinajstić information content (AvgIpc) is 2.75. The van der Waals surface area contributed by atoms with Gasteiger partial charge in [-0.3, -0.25) is 4.99 Å². The molecule has 0 saturated carbocycles. The second-order valence-electron chi connectivity index (χ2n) is 3.97. The number of imidazole rings is 1. The molecule has 0 fully saturated rings. The molecule has 0 amide bonds. The first-order valence-corrected chi connectivity index (χ1v) is 5.86. The van der Waals surface area contributed by atoms with Gasteiger partial charge in [0.05, 0.1) is 18.1 Å². The summed E-state index contributed by atoms with van der Waals surface area (Å²) < 4.78 is 0. The fraction of sp³-hybridized carbons (Fsp3) is 0.636. The van der Waals surface area contributed by atoms with Gasteiger partial charge in [0.1, 0.15) is 0 Å². The van der Waals surface area contributed by atoms with Gasteiger partial charge in [-0.2, -0.15) is 0 Å². The Morgan fingerprint density at radius 3 is 3.06 bits per heavy atom. The number of aromatic nitrogens is 2. The molecule has 5 nitrogen and oxygen atoms in total. The Morgan fingerprint density at radius 1 is 1.65 bits per heavy atom. The summed E-state index contributed by atoms with van der Waals surface area (Å²) in [5.41, 5.74) is 8.36.